The molecule has 0 bridgehead atoms. The maximum absolute atomic E-state index is 12.4. The third-order valence-electron chi connectivity index (χ3n) is 3.32. The van der Waals surface area contributed by atoms with Crippen LogP contribution in [0.2, 0.25) is 0 Å². The zero-order valence-electron chi connectivity index (χ0n) is 10.9. The van der Waals surface area contributed by atoms with Gasteiger partial charge in [-0.15, -0.1) is 0 Å². The average Bonchev–Trinajstić information content (AvgIpc) is 3.12. The van der Waals surface area contributed by atoms with Crippen molar-refractivity contribution in [3.63, 3.8) is 0 Å². The third-order valence-corrected chi connectivity index (χ3v) is 3.32. The van der Waals surface area contributed by atoms with Crippen LogP contribution in [0.25, 0.3) is 22.1 Å². The molecule has 21 heavy (non-hydrogen) atoms. The Kier molecular flexibility index (Phi) is 2.47. The molecular formula is C15H11N5O. The molecule has 4 rings (SSSR count). The number of aromatic amines is 2. The molecule has 0 saturated heterocycles. The SMILES string of the molecule is O=C(Nc1nc2ccccc2[nH]1)c1cccc2[nH]cnc12. The van der Waals surface area contributed by atoms with E-state index in [1.165, 1.54) is 0 Å². The molecule has 1 amide bonds. The maximum Gasteiger partial charge on any atom is 0.260 e. The first-order valence-electron chi connectivity index (χ1n) is 6.49. The Balaban J connectivity index is 1.70. The number of anilines is 1. The molecule has 102 valence electrons. The summed E-state index contributed by atoms with van der Waals surface area (Å²) in [4.78, 5) is 26.9. The van der Waals surface area contributed by atoms with Gasteiger partial charge in [0.25, 0.3) is 5.91 Å². The van der Waals surface area contributed by atoms with Crippen LogP contribution in [0.4, 0.5) is 5.95 Å². The first-order chi connectivity index (χ1) is 10.3. The van der Waals surface area contributed by atoms with Crippen molar-refractivity contribution in [3.8, 4) is 0 Å². The van der Waals surface area contributed by atoms with E-state index in [1.54, 1.807) is 12.4 Å². The quantitative estimate of drug-likeness (QED) is 0.526. The molecule has 6 heteroatoms. The second-order valence-electron chi connectivity index (χ2n) is 4.66. The first-order valence-corrected chi connectivity index (χ1v) is 6.49. The highest BCUT2D eigenvalue weighted by molar-refractivity contribution is 6.11. The van der Waals surface area contributed by atoms with Gasteiger partial charge in [0.15, 0.2) is 0 Å². The van der Waals surface area contributed by atoms with E-state index in [-0.39, 0.29) is 5.91 Å². The van der Waals surface area contributed by atoms with Gasteiger partial charge in [-0.2, -0.15) is 0 Å². The van der Waals surface area contributed by atoms with E-state index in [9.17, 15) is 4.79 Å². The minimum absolute atomic E-state index is 0.244. The molecule has 2 aromatic heterocycles. The Morgan fingerprint density at radius 1 is 1.05 bits per heavy atom. The highest BCUT2D eigenvalue weighted by Crippen LogP contribution is 2.17. The standard InChI is InChI=1S/C15H11N5O/c21-14(9-4-3-7-12-13(9)17-8-16-12)20-15-18-10-5-1-2-6-11(10)19-15/h1-8H,(H,16,17)(H2,18,19,20,21). The molecule has 0 saturated carbocycles. The third kappa shape index (κ3) is 1.93. The molecule has 0 atom stereocenters. The van der Waals surface area contributed by atoms with Crippen molar-refractivity contribution in [1.82, 2.24) is 19.9 Å². The van der Waals surface area contributed by atoms with Gasteiger partial charge < -0.3 is 9.97 Å². The molecule has 4 aromatic rings. The topological polar surface area (TPSA) is 86.5 Å². The summed E-state index contributed by atoms with van der Waals surface area (Å²) in [6.45, 7) is 0. The van der Waals surface area contributed by atoms with Gasteiger partial charge in [0, 0.05) is 0 Å². The second kappa shape index (κ2) is 4.45. The normalized spacial score (nSPS) is 11.0. The number of fused-ring (bicyclic) bond motifs is 2. The molecule has 0 radical (unpaired) electrons. The minimum Gasteiger partial charge on any atom is -0.345 e. The van der Waals surface area contributed by atoms with Gasteiger partial charge in [-0.25, -0.2) is 9.97 Å². The number of para-hydroxylation sites is 3. The number of aromatic nitrogens is 4. The van der Waals surface area contributed by atoms with Crippen molar-refractivity contribution in [2.24, 2.45) is 0 Å². The first kappa shape index (κ1) is 11.7. The lowest BCUT2D eigenvalue weighted by atomic mass is 10.2. The van der Waals surface area contributed by atoms with E-state index in [0.29, 0.717) is 17.0 Å². The number of rotatable bonds is 2. The van der Waals surface area contributed by atoms with Crippen LogP contribution in [-0.2, 0) is 0 Å². The van der Waals surface area contributed by atoms with Crippen LogP contribution in [-0.4, -0.2) is 25.8 Å². The summed E-state index contributed by atoms with van der Waals surface area (Å²) in [7, 11) is 0. The number of amides is 1. The predicted octanol–water partition coefficient (Wildman–Crippen LogP) is 2.69. The van der Waals surface area contributed by atoms with Crippen molar-refractivity contribution in [2.75, 3.05) is 5.32 Å². The molecule has 0 aliphatic heterocycles. The number of nitrogens with zero attached hydrogens (tertiary/aromatic N) is 2. The molecule has 0 fully saturated rings. The van der Waals surface area contributed by atoms with Crippen molar-refractivity contribution in [1.29, 1.82) is 0 Å². The zero-order valence-corrected chi connectivity index (χ0v) is 10.9. The lowest BCUT2D eigenvalue weighted by Crippen LogP contribution is -2.13. The number of carbonyl (C=O) groups excluding carboxylic acids is 1. The van der Waals surface area contributed by atoms with Gasteiger partial charge in [0.05, 0.1) is 28.4 Å². The Morgan fingerprint density at radius 3 is 2.81 bits per heavy atom. The highest BCUT2D eigenvalue weighted by atomic mass is 16.1. The highest BCUT2D eigenvalue weighted by Gasteiger charge is 2.13. The molecule has 3 N–H and O–H groups in total. The zero-order chi connectivity index (χ0) is 14.2. The van der Waals surface area contributed by atoms with Crippen LogP contribution in [0.1, 0.15) is 10.4 Å². The minimum atomic E-state index is -0.244. The fraction of sp³-hybridized carbons (Fsp3) is 0. The van der Waals surface area contributed by atoms with E-state index in [0.717, 1.165) is 16.6 Å². The Morgan fingerprint density at radius 2 is 1.90 bits per heavy atom. The summed E-state index contributed by atoms with van der Waals surface area (Å²) >= 11 is 0. The molecular weight excluding hydrogens is 266 g/mol. The molecule has 0 spiro atoms. The van der Waals surface area contributed by atoms with E-state index in [1.807, 2.05) is 36.4 Å². The van der Waals surface area contributed by atoms with E-state index in [4.69, 9.17) is 0 Å². The van der Waals surface area contributed by atoms with Gasteiger partial charge in [-0.3, -0.25) is 10.1 Å². The van der Waals surface area contributed by atoms with E-state index < -0.39 is 0 Å². The van der Waals surface area contributed by atoms with Crippen LogP contribution in [0.5, 0.6) is 0 Å². The number of nitrogens with one attached hydrogen (secondary N) is 3. The van der Waals surface area contributed by atoms with E-state index >= 15 is 0 Å². The Bertz CT molecular complexity index is 920. The van der Waals surface area contributed by atoms with Crippen molar-refractivity contribution in [3.05, 3.63) is 54.4 Å². The predicted molar refractivity (Wildman–Crippen MR) is 80.1 cm³/mol. The maximum atomic E-state index is 12.4. The summed E-state index contributed by atoms with van der Waals surface area (Å²) in [6.07, 6.45) is 1.57. The number of H-pyrrole nitrogens is 2. The molecule has 2 heterocycles. The number of carbonyl (C=O) groups is 1. The Labute approximate surface area is 119 Å². The van der Waals surface area contributed by atoms with E-state index in [2.05, 4.69) is 25.3 Å². The molecule has 0 aliphatic rings. The lowest BCUT2D eigenvalue weighted by Gasteiger charge is -2.02. The summed E-state index contributed by atoms with van der Waals surface area (Å²) in [5.74, 6) is 0.181. The number of benzene rings is 2. The summed E-state index contributed by atoms with van der Waals surface area (Å²) < 4.78 is 0. The molecule has 6 nitrogen and oxygen atoms in total. The van der Waals surface area contributed by atoms with Gasteiger partial charge in [-0.1, -0.05) is 18.2 Å². The van der Waals surface area contributed by atoms with Crippen LogP contribution in [0.15, 0.2) is 48.8 Å². The largest absolute Gasteiger partial charge is 0.345 e. The van der Waals surface area contributed by atoms with Gasteiger partial charge in [-0.05, 0) is 24.3 Å². The fourth-order valence-electron chi connectivity index (χ4n) is 2.34. The number of hydrogen-bond acceptors (Lipinski definition) is 3. The van der Waals surface area contributed by atoms with Crippen molar-refractivity contribution >= 4 is 33.9 Å². The lowest BCUT2D eigenvalue weighted by molar-refractivity contribution is 0.102. The monoisotopic (exact) mass is 277 g/mol. The summed E-state index contributed by atoms with van der Waals surface area (Å²) in [6, 6.07) is 13.0. The van der Waals surface area contributed by atoms with Gasteiger partial charge >= 0.3 is 0 Å². The van der Waals surface area contributed by atoms with Crippen molar-refractivity contribution in [2.45, 2.75) is 0 Å². The van der Waals surface area contributed by atoms with Crippen molar-refractivity contribution < 1.29 is 4.79 Å². The smallest absolute Gasteiger partial charge is 0.260 e. The van der Waals surface area contributed by atoms with Crippen LogP contribution in [0.3, 0.4) is 0 Å². The fourth-order valence-corrected chi connectivity index (χ4v) is 2.34. The molecule has 2 aromatic carbocycles. The van der Waals surface area contributed by atoms with Crippen LogP contribution in [0, 0.1) is 0 Å². The Hall–Kier alpha value is -3.15. The molecule has 0 unspecified atom stereocenters. The summed E-state index contributed by atoms with van der Waals surface area (Å²) in [5, 5.41) is 2.77. The number of hydrogen-bond donors (Lipinski definition) is 3. The van der Waals surface area contributed by atoms with Crippen LogP contribution >= 0.6 is 0 Å². The average molecular weight is 277 g/mol. The summed E-state index contributed by atoms with van der Waals surface area (Å²) in [5.41, 5.74) is 3.67. The van der Waals surface area contributed by atoms with Crippen LogP contribution < -0.4 is 5.32 Å². The van der Waals surface area contributed by atoms with Gasteiger partial charge in [0.2, 0.25) is 5.95 Å². The van der Waals surface area contributed by atoms with Gasteiger partial charge in [0.1, 0.15) is 5.52 Å². The molecule has 0 aliphatic carbocycles. The second-order valence-corrected chi connectivity index (χ2v) is 4.66. The number of imidazole rings is 2.